The summed E-state index contributed by atoms with van der Waals surface area (Å²) in [5.74, 6) is -0.532. The van der Waals surface area contributed by atoms with Crippen LogP contribution in [-0.4, -0.2) is 20.8 Å². The summed E-state index contributed by atoms with van der Waals surface area (Å²) in [6, 6.07) is 3.71. The van der Waals surface area contributed by atoms with Crippen molar-refractivity contribution in [3.63, 3.8) is 0 Å². The van der Waals surface area contributed by atoms with Gasteiger partial charge >= 0.3 is 0 Å². The third-order valence-electron chi connectivity index (χ3n) is 2.29. The minimum Gasteiger partial charge on any atom is -0.382 e. The molecule has 3 N–H and O–H groups in total. The Kier molecular flexibility index (Phi) is 3.76. The summed E-state index contributed by atoms with van der Waals surface area (Å²) in [6.45, 7) is 0. The third kappa shape index (κ3) is 2.98. The molecule has 0 unspecified atom stereocenters. The van der Waals surface area contributed by atoms with Crippen molar-refractivity contribution in [3.8, 4) is 0 Å². The monoisotopic (exact) mass is 293 g/mol. The Labute approximate surface area is 117 Å². The van der Waals surface area contributed by atoms with Crippen molar-refractivity contribution in [2.45, 2.75) is 0 Å². The number of rotatable bonds is 3. The fourth-order valence-electron chi connectivity index (χ4n) is 1.40. The maximum absolute atomic E-state index is 11.9. The van der Waals surface area contributed by atoms with Gasteiger partial charge in [-0.3, -0.25) is 19.9 Å². The molecule has 0 aliphatic rings. The second kappa shape index (κ2) is 5.49. The van der Waals surface area contributed by atoms with Gasteiger partial charge in [-0.05, 0) is 6.07 Å². The first-order valence-corrected chi connectivity index (χ1v) is 5.68. The van der Waals surface area contributed by atoms with E-state index in [9.17, 15) is 14.9 Å². The standard InChI is InChI=1S/C11H8ClN5O3/c12-7-2-1-6(17(19)20)3-8(7)16-11(18)9-4-14-5-10(13)15-9/h1-5H,(H2,13,15)(H,16,18). The number of amides is 1. The minimum atomic E-state index is -0.618. The molecular formula is C11H8ClN5O3. The normalized spacial score (nSPS) is 10.1. The highest BCUT2D eigenvalue weighted by Gasteiger charge is 2.14. The first-order chi connectivity index (χ1) is 9.47. The van der Waals surface area contributed by atoms with Crippen LogP contribution in [0.15, 0.2) is 30.6 Å². The van der Waals surface area contributed by atoms with E-state index in [0.717, 1.165) is 6.07 Å². The predicted octanol–water partition coefficient (Wildman–Crippen LogP) is 1.87. The number of hydrogen-bond acceptors (Lipinski definition) is 6. The van der Waals surface area contributed by atoms with Crippen molar-refractivity contribution in [1.29, 1.82) is 0 Å². The van der Waals surface area contributed by atoms with Crippen molar-refractivity contribution in [2.75, 3.05) is 11.1 Å². The van der Waals surface area contributed by atoms with E-state index < -0.39 is 10.8 Å². The number of carbonyl (C=O) groups is 1. The van der Waals surface area contributed by atoms with Crippen LogP contribution < -0.4 is 11.1 Å². The number of nitrogens with zero attached hydrogens (tertiary/aromatic N) is 3. The van der Waals surface area contributed by atoms with Crippen LogP contribution in [0.3, 0.4) is 0 Å². The molecule has 20 heavy (non-hydrogen) atoms. The number of aromatic nitrogens is 2. The minimum absolute atomic E-state index is 0.0208. The van der Waals surface area contributed by atoms with E-state index in [2.05, 4.69) is 15.3 Å². The highest BCUT2D eigenvalue weighted by molar-refractivity contribution is 6.34. The number of nitro groups is 1. The second-order valence-electron chi connectivity index (χ2n) is 3.70. The van der Waals surface area contributed by atoms with Gasteiger partial charge in [-0.15, -0.1) is 0 Å². The Bertz CT molecular complexity index is 692. The van der Waals surface area contributed by atoms with Gasteiger partial charge in [0.25, 0.3) is 11.6 Å². The van der Waals surface area contributed by atoms with E-state index in [0.29, 0.717) is 0 Å². The molecule has 0 bridgehead atoms. The van der Waals surface area contributed by atoms with Gasteiger partial charge < -0.3 is 11.1 Å². The van der Waals surface area contributed by atoms with Gasteiger partial charge in [-0.1, -0.05) is 11.6 Å². The van der Waals surface area contributed by atoms with E-state index >= 15 is 0 Å². The number of halogens is 1. The van der Waals surface area contributed by atoms with Gasteiger partial charge in [0.05, 0.1) is 28.0 Å². The highest BCUT2D eigenvalue weighted by atomic mass is 35.5. The zero-order chi connectivity index (χ0) is 14.7. The van der Waals surface area contributed by atoms with Crippen LogP contribution in [0, 0.1) is 10.1 Å². The predicted molar refractivity (Wildman–Crippen MR) is 72.5 cm³/mol. The molecule has 9 heteroatoms. The Balaban J connectivity index is 2.27. The van der Waals surface area contributed by atoms with Gasteiger partial charge in [-0.2, -0.15) is 0 Å². The molecule has 0 saturated carbocycles. The van der Waals surface area contributed by atoms with Crippen LogP contribution in [-0.2, 0) is 0 Å². The molecule has 0 spiro atoms. The van der Waals surface area contributed by atoms with Crippen molar-refractivity contribution < 1.29 is 9.72 Å². The number of non-ortho nitro benzene ring substituents is 1. The molecule has 102 valence electrons. The maximum Gasteiger partial charge on any atom is 0.275 e. The zero-order valence-electron chi connectivity index (χ0n) is 9.91. The summed E-state index contributed by atoms with van der Waals surface area (Å²) in [5, 5.41) is 13.3. The van der Waals surface area contributed by atoms with Crippen molar-refractivity contribution in [2.24, 2.45) is 0 Å². The molecule has 0 atom stereocenters. The third-order valence-corrected chi connectivity index (χ3v) is 2.62. The smallest absolute Gasteiger partial charge is 0.275 e. The first kappa shape index (κ1) is 13.7. The average Bonchev–Trinajstić information content (AvgIpc) is 2.41. The van der Waals surface area contributed by atoms with Crippen LogP contribution in [0.2, 0.25) is 5.02 Å². The number of benzene rings is 1. The number of nitrogens with two attached hydrogens (primary N) is 1. The number of hydrogen-bond donors (Lipinski definition) is 2. The zero-order valence-corrected chi connectivity index (χ0v) is 10.7. The molecule has 0 aliphatic heterocycles. The lowest BCUT2D eigenvalue weighted by Crippen LogP contribution is -2.15. The number of nitrogen functional groups attached to an aromatic ring is 1. The van der Waals surface area contributed by atoms with Crippen LogP contribution in [0.4, 0.5) is 17.2 Å². The molecule has 1 heterocycles. The van der Waals surface area contributed by atoms with E-state index in [4.69, 9.17) is 17.3 Å². The van der Waals surface area contributed by atoms with Gasteiger partial charge in [0, 0.05) is 12.1 Å². The molecule has 0 radical (unpaired) electrons. The number of nitro benzene ring substituents is 1. The Morgan fingerprint density at radius 3 is 2.80 bits per heavy atom. The van der Waals surface area contributed by atoms with Crippen LogP contribution in [0.5, 0.6) is 0 Å². The molecular weight excluding hydrogens is 286 g/mol. The molecule has 2 rings (SSSR count). The Morgan fingerprint density at radius 2 is 2.15 bits per heavy atom. The maximum atomic E-state index is 11.9. The van der Waals surface area contributed by atoms with E-state index in [1.54, 1.807) is 0 Å². The highest BCUT2D eigenvalue weighted by Crippen LogP contribution is 2.26. The van der Waals surface area contributed by atoms with Gasteiger partial charge in [0.1, 0.15) is 11.5 Å². The molecule has 1 aromatic carbocycles. The van der Waals surface area contributed by atoms with Gasteiger partial charge in [0.2, 0.25) is 0 Å². The molecule has 8 nitrogen and oxygen atoms in total. The van der Waals surface area contributed by atoms with E-state index in [-0.39, 0.29) is 27.9 Å². The number of nitrogens with one attached hydrogen (secondary N) is 1. The lowest BCUT2D eigenvalue weighted by Gasteiger charge is -2.06. The molecule has 2 aromatic rings. The average molecular weight is 294 g/mol. The van der Waals surface area contributed by atoms with Crippen LogP contribution >= 0.6 is 11.6 Å². The fourth-order valence-corrected chi connectivity index (χ4v) is 1.56. The van der Waals surface area contributed by atoms with Crippen molar-refractivity contribution in [3.05, 3.63) is 51.4 Å². The van der Waals surface area contributed by atoms with Crippen LogP contribution in [0.1, 0.15) is 10.5 Å². The van der Waals surface area contributed by atoms with E-state index in [1.165, 1.54) is 24.5 Å². The summed E-state index contributed by atoms with van der Waals surface area (Å²) in [4.78, 5) is 29.5. The van der Waals surface area contributed by atoms with Crippen LogP contribution in [0.25, 0.3) is 0 Å². The van der Waals surface area contributed by atoms with Gasteiger partial charge in [-0.25, -0.2) is 4.98 Å². The molecule has 1 amide bonds. The Morgan fingerprint density at radius 1 is 1.40 bits per heavy atom. The second-order valence-corrected chi connectivity index (χ2v) is 4.11. The lowest BCUT2D eigenvalue weighted by molar-refractivity contribution is -0.384. The summed E-state index contributed by atoms with van der Waals surface area (Å²) >= 11 is 5.87. The molecule has 0 aliphatic carbocycles. The molecule has 0 fully saturated rings. The van der Waals surface area contributed by atoms with Crippen molar-refractivity contribution >= 4 is 34.7 Å². The lowest BCUT2D eigenvalue weighted by atomic mass is 10.2. The Hall–Kier alpha value is -2.74. The van der Waals surface area contributed by atoms with Crippen molar-refractivity contribution in [1.82, 2.24) is 9.97 Å². The van der Waals surface area contributed by atoms with E-state index in [1.807, 2.05) is 0 Å². The molecule has 1 aromatic heterocycles. The summed E-state index contributed by atoms with van der Waals surface area (Å²) in [6.07, 6.45) is 2.51. The summed E-state index contributed by atoms with van der Waals surface area (Å²) < 4.78 is 0. The van der Waals surface area contributed by atoms with Gasteiger partial charge in [0.15, 0.2) is 0 Å². The topological polar surface area (TPSA) is 124 Å². The summed E-state index contributed by atoms with van der Waals surface area (Å²) in [5.41, 5.74) is 5.31. The number of carbonyl (C=O) groups excluding carboxylic acids is 1. The quantitative estimate of drug-likeness (QED) is 0.657. The molecule has 0 saturated heterocycles. The fraction of sp³-hybridized carbons (Fsp3) is 0. The SMILES string of the molecule is Nc1cncc(C(=O)Nc2cc([N+](=O)[O-])ccc2Cl)n1. The largest absolute Gasteiger partial charge is 0.382 e. The summed E-state index contributed by atoms with van der Waals surface area (Å²) in [7, 11) is 0. The first-order valence-electron chi connectivity index (χ1n) is 5.30. The number of anilines is 2.